The van der Waals surface area contributed by atoms with E-state index in [1.54, 1.807) is 0 Å². The van der Waals surface area contributed by atoms with Crippen LogP contribution in [0.5, 0.6) is 0 Å². The number of anilines is 1. The summed E-state index contributed by atoms with van der Waals surface area (Å²) in [5.41, 5.74) is 0.909. The van der Waals surface area contributed by atoms with Crippen LogP contribution in [0.4, 0.5) is 5.69 Å². The monoisotopic (exact) mass is 217 g/mol. The molecule has 0 bridgehead atoms. The molecule has 2 aromatic carbocycles. The molecule has 3 nitrogen and oxygen atoms in total. The first-order chi connectivity index (χ1) is 7.83. The molecule has 0 saturated carbocycles. The van der Waals surface area contributed by atoms with Crippen molar-refractivity contribution < 1.29 is 10.2 Å². The zero-order chi connectivity index (χ0) is 11.4. The lowest BCUT2D eigenvalue weighted by Crippen LogP contribution is -2.27. The molecule has 0 saturated heterocycles. The Kier molecular flexibility index (Phi) is 3.39. The number of hydrogen-bond donors (Lipinski definition) is 3. The largest absolute Gasteiger partial charge is 0.394 e. The molecule has 3 heteroatoms. The third kappa shape index (κ3) is 2.32. The number of aliphatic hydroxyl groups excluding tert-OH is 2. The molecule has 2 aromatic rings. The van der Waals surface area contributed by atoms with Gasteiger partial charge in [-0.25, -0.2) is 0 Å². The van der Waals surface area contributed by atoms with E-state index in [-0.39, 0.29) is 19.3 Å². The number of benzene rings is 2. The van der Waals surface area contributed by atoms with Crippen molar-refractivity contribution >= 4 is 16.5 Å². The molecule has 0 atom stereocenters. The number of nitrogens with one attached hydrogen (secondary N) is 1. The summed E-state index contributed by atoms with van der Waals surface area (Å²) < 4.78 is 0. The topological polar surface area (TPSA) is 52.5 Å². The van der Waals surface area contributed by atoms with Crippen LogP contribution in [-0.4, -0.2) is 29.5 Å². The molecule has 2 rings (SSSR count). The molecule has 0 unspecified atom stereocenters. The van der Waals surface area contributed by atoms with Crippen molar-refractivity contribution in [1.29, 1.82) is 0 Å². The van der Waals surface area contributed by atoms with E-state index >= 15 is 0 Å². The van der Waals surface area contributed by atoms with Gasteiger partial charge in [-0.15, -0.1) is 0 Å². The zero-order valence-corrected chi connectivity index (χ0v) is 8.93. The third-order valence-electron chi connectivity index (χ3n) is 2.56. The van der Waals surface area contributed by atoms with Gasteiger partial charge >= 0.3 is 0 Å². The van der Waals surface area contributed by atoms with Crippen LogP contribution in [0, 0.1) is 0 Å². The maximum Gasteiger partial charge on any atom is 0.0723 e. The van der Waals surface area contributed by atoms with Crippen molar-refractivity contribution in [3.05, 3.63) is 42.5 Å². The first-order valence-corrected chi connectivity index (χ1v) is 5.30. The minimum atomic E-state index is -0.304. The summed E-state index contributed by atoms with van der Waals surface area (Å²) in [6, 6.07) is 13.7. The molecule has 0 spiro atoms. The molecule has 0 radical (unpaired) electrons. The van der Waals surface area contributed by atoms with Crippen molar-refractivity contribution in [2.45, 2.75) is 6.04 Å². The van der Waals surface area contributed by atoms with Gasteiger partial charge in [0.2, 0.25) is 0 Å². The molecular formula is C13H15NO2. The van der Waals surface area contributed by atoms with Gasteiger partial charge in [0, 0.05) is 5.69 Å². The van der Waals surface area contributed by atoms with Crippen molar-refractivity contribution in [3.8, 4) is 0 Å². The molecule has 0 heterocycles. The summed E-state index contributed by atoms with van der Waals surface area (Å²) >= 11 is 0. The summed E-state index contributed by atoms with van der Waals surface area (Å²) in [6.07, 6.45) is 0. The van der Waals surface area contributed by atoms with Crippen LogP contribution in [0.2, 0.25) is 0 Å². The van der Waals surface area contributed by atoms with Gasteiger partial charge in [0.15, 0.2) is 0 Å². The minimum absolute atomic E-state index is 0.0800. The van der Waals surface area contributed by atoms with Gasteiger partial charge in [0.1, 0.15) is 0 Å². The van der Waals surface area contributed by atoms with E-state index < -0.39 is 0 Å². The number of aliphatic hydroxyl groups is 2. The second-order valence-electron chi connectivity index (χ2n) is 3.77. The van der Waals surface area contributed by atoms with E-state index in [1.165, 1.54) is 5.39 Å². The van der Waals surface area contributed by atoms with Crippen LogP contribution in [0.15, 0.2) is 42.5 Å². The van der Waals surface area contributed by atoms with E-state index in [0.29, 0.717) is 0 Å². The van der Waals surface area contributed by atoms with Crippen molar-refractivity contribution in [3.63, 3.8) is 0 Å². The maximum atomic E-state index is 8.98. The molecule has 0 aliphatic carbocycles. The quantitative estimate of drug-likeness (QED) is 0.729. The van der Waals surface area contributed by atoms with Crippen molar-refractivity contribution in [1.82, 2.24) is 0 Å². The number of rotatable bonds is 4. The van der Waals surface area contributed by atoms with Gasteiger partial charge in [-0.05, 0) is 22.9 Å². The lowest BCUT2D eigenvalue weighted by molar-refractivity contribution is 0.204. The zero-order valence-electron chi connectivity index (χ0n) is 8.93. The molecule has 0 aliphatic rings. The fourth-order valence-corrected chi connectivity index (χ4v) is 1.66. The smallest absolute Gasteiger partial charge is 0.0723 e. The predicted molar refractivity (Wildman–Crippen MR) is 65.5 cm³/mol. The predicted octanol–water partition coefficient (Wildman–Crippen LogP) is 1.60. The average molecular weight is 217 g/mol. The number of fused-ring (bicyclic) bond motifs is 1. The lowest BCUT2D eigenvalue weighted by atomic mass is 10.1. The van der Waals surface area contributed by atoms with Gasteiger partial charge in [-0.1, -0.05) is 30.3 Å². The minimum Gasteiger partial charge on any atom is -0.394 e. The highest BCUT2D eigenvalue weighted by molar-refractivity contribution is 5.85. The van der Waals surface area contributed by atoms with E-state index in [9.17, 15) is 0 Å². The Hall–Kier alpha value is -1.58. The molecule has 16 heavy (non-hydrogen) atoms. The Labute approximate surface area is 94.3 Å². The molecule has 84 valence electrons. The van der Waals surface area contributed by atoms with Crippen LogP contribution in [0.3, 0.4) is 0 Å². The highest BCUT2D eigenvalue weighted by Gasteiger charge is 2.05. The first kappa shape index (κ1) is 10.9. The average Bonchev–Trinajstić information content (AvgIpc) is 2.35. The van der Waals surface area contributed by atoms with Gasteiger partial charge in [0.05, 0.1) is 19.3 Å². The maximum absolute atomic E-state index is 8.98. The Balaban J connectivity index is 2.25. The lowest BCUT2D eigenvalue weighted by Gasteiger charge is -2.15. The van der Waals surface area contributed by atoms with Crippen molar-refractivity contribution in [2.75, 3.05) is 18.5 Å². The summed E-state index contributed by atoms with van der Waals surface area (Å²) in [7, 11) is 0. The second kappa shape index (κ2) is 4.96. The van der Waals surface area contributed by atoms with Crippen LogP contribution in [0.25, 0.3) is 10.8 Å². The van der Waals surface area contributed by atoms with Crippen LogP contribution in [-0.2, 0) is 0 Å². The third-order valence-corrected chi connectivity index (χ3v) is 2.56. The van der Waals surface area contributed by atoms with E-state index in [1.807, 2.05) is 36.4 Å². The highest BCUT2D eigenvalue weighted by atomic mass is 16.3. The Morgan fingerprint density at radius 1 is 0.938 bits per heavy atom. The molecule has 0 fully saturated rings. The van der Waals surface area contributed by atoms with Crippen LogP contribution < -0.4 is 5.32 Å². The molecule has 0 aliphatic heterocycles. The summed E-state index contributed by atoms with van der Waals surface area (Å²) in [5, 5.41) is 23.3. The molecule has 3 N–H and O–H groups in total. The number of hydrogen-bond acceptors (Lipinski definition) is 3. The highest BCUT2D eigenvalue weighted by Crippen LogP contribution is 2.19. The Bertz CT molecular complexity index is 466. The van der Waals surface area contributed by atoms with E-state index in [0.717, 1.165) is 11.1 Å². The summed E-state index contributed by atoms with van der Waals surface area (Å²) in [5.74, 6) is 0. The summed E-state index contributed by atoms with van der Waals surface area (Å²) in [6.45, 7) is -0.160. The van der Waals surface area contributed by atoms with Crippen LogP contribution >= 0.6 is 0 Å². The molecule has 0 aromatic heterocycles. The summed E-state index contributed by atoms with van der Waals surface area (Å²) in [4.78, 5) is 0. The second-order valence-corrected chi connectivity index (χ2v) is 3.77. The Morgan fingerprint density at radius 3 is 2.31 bits per heavy atom. The van der Waals surface area contributed by atoms with Gasteiger partial charge in [0.25, 0.3) is 0 Å². The van der Waals surface area contributed by atoms with Crippen LogP contribution in [0.1, 0.15) is 0 Å². The molecule has 0 amide bonds. The normalized spacial score (nSPS) is 10.9. The van der Waals surface area contributed by atoms with Crippen molar-refractivity contribution in [2.24, 2.45) is 0 Å². The standard InChI is InChI=1S/C13H15NO2/c15-8-13(9-16)14-12-6-5-10-3-1-2-4-11(10)7-12/h1-7,13-16H,8-9H2. The van der Waals surface area contributed by atoms with Gasteiger partial charge in [-0.2, -0.15) is 0 Å². The Morgan fingerprint density at radius 2 is 1.62 bits per heavy atom. The molecular weight excluding hydrogens is 202 g/mol. The fourth-order valence-electron chi connectivity index (χ4n) is 1.66. The van der Waals surface area contributed by atoms with Gasteiger partial charge < -0.3 is 15.5 Å². The first-order valence-electron chi connectivity index (χ1n) is 5.30. The van der Waals surface area contributed by atoms with E-state index in [2.05, 4.69) is 11.4 Å². The SMILES string of the molecule is OCC(CO)Nc1ccc2ccccc2c1. The van der Waals surface area contributed by atoms with E-state index in [4.69, 9.17) is 10.2 Å². The van der Waals surface area contributed by atoms with Gasteiger partial charge in [-0.3, -0.25) is 0 Å². The fraction of sp³-hybridized carbons (Fsp3) is 0.231.